The van der Waals surface area contributed by atoms with Crippen LogP contribution in [-0.2, 0) is 36.9 Å². The van der Waals surface area contributed by atoms with Gasteiger partial charge in [0.1, 0.15) is 48.6 Å². The zero-order chi connectivity index (χ0) is 40.6. The Morgan fingerprint density at radius 2 is 1.55 bits per heavy atom. The second-order valence-corrected chi connectivity index (χ2v) is 14.2. The van der Waals surface area contributed by atoms with Crippen molar-refractivity contribution in [2.45, 2.75) is 77.8 Å². The van der Waals surface area contributed by atoms with Gasteiger partial charge in [-0.3, -0.25) is 0 Å². The zero-order valence-electron chi connectivity index (χ0n) is 32.6. The minimum absolute atomic E-state index is 0.00962. The van der Waals surface area contributed by atoms with Crippen molar-refractivity contribution >= 4 is 29.0 Å². The van der Waals surface area contributed by atoms with Gasteiger partial charge in [-0.25, -0.2) is 19.2 Å². The summed E-state index contributed by atoms with van der Waals surface area (Å²) >= 11 is 0. The number of nitrogens with zero attached hydrogens (tertiary/aromatic N) is 1. The van der Waals surface area contributed by atoms with Gasteiger partial charge >= 0.3 is 23.7 Å². The maximum absolute atomic E-state index is 13.7. The highest BCUT2D eigenvalue weighted by Gasteiger charge is 2.45. The number of carbonyl (C=O) groups is 3. The SMILES string of the molecule is CCOC(=O)c1c(OCc2ccccc2)c2ccc(O[C@H]3CN(C(=O)OCc4ccccc4)C[C@H](OC(=O)c4ccc(C)[nH]4)[C@@H]3OC3CCCCO3)c(C)c2oc1=O. The van der Waals surface area contributed by atoms with E-state index < -0.39 is 48.3 Å². The van der Waals surface area contributed by atoms with Gasteiger partial charge in [0.25, 0.3) is 0 Å². The molecule has 3 aromatic carbocycles. The van der Waals surface area contributed by atoms with Crippen molar-refractivity contribution in [2.75, 3.05) is 26.3 Å². The lowest BCUT2D eigenvalue weighted by Gasteiger charge is -2.43. The number of ether oxygens (including phenoxy) is 7. The summed E-state index contributed by atoms with van der Waals surface area (Å²) in [6, 6.07) is 25.2. The van der Waals surface area contributed by atoms with Gasteiger partial charge in [-0.2, -0.15) is 0 Å². The molecule has 7 rings (SSSR count). The Morgan fingerprint density at radius 3 is 2.22 bits per heavy atom. The van der Waals surface area contributed by atoms with Gasteiger partial charge in [0.2, 0.25) is 0 Å². The maximum Gasteiger partial charge on any atom is 0.410 e. The number of benzene rings is 3. The fourth-order valence-electron chi connectivity index (χ4n) is 7.02. The Labute approximate surface area is 334 Å². The summed E-state index contributed by atoms with van der Waals surface area (Å²) in [6.45, 7) is 5.70. The molecule has 14 heteroatoms. The maximum atomic E-state index is 13.7. The Hall–Kier alpha value is -6.12. The highest BCUT2D eigenvalue weighted by molar-refractivity contribution is 6.00. The summed E-state index contributed by atoms with van der Waals surface area (Å²) in [5.74, 6) is -1.23. The molecule has 5 aromatic rings. The minimum Gasteiger partial charge on any atom is -0.487 e. The summed E-state index contributed by atoms with van der Waals surface area (Å²) in [5, 5.41) is 0.342. The fraction of sp³-hybridized carbons (Fsp3) is 0.364. The first-order valence-corrected chi connectivity index (χ1v) is 19.4. The molecule has 304 valence electrons. The van der Waals surface area contributed by atoms with E-state index in [2.05, 4.69) is 4.98 Å². The minimum atomic E-state index is -1.02. The van der Waals surface area contributed by atoms with Crippen LogP contribution in [0.4, 0.5) is 4.79 Å². The first-order valence-electron chi connectivity index (χ1n) is 19.4. The molecule has 0 aliphatic carbocycles. The number of aryl methyl sites for hydroxylation is 2. The van der Waals surface area contributed by atoms with E-state index in [1.54, 1.807) is 38.1 Å². The molecule has 4 atom stereocenters. The standard InChI is InChI=1S/C44H46N2O12/c1-4-51-42(48)37-39(53-25-29-13-7-5-8-14-29)31-19-21-33(28(3)38(31)58-43(37)49)55-34-23-46(44(50)54-26-30-15-9-6-10-16-30)24-35(40(34)57-36-17-11-12-22-52-36)56-41(47)32-20-18-27(2)45-32/h5-10,13-16,18-21,34-36,40,45H,4,11-12,17,22-26H2,1-3H3/t34-,35-,36?,40+/m0/s1. The van der Waals surface area contributed by atoms with E-state index in [-0.39, 0.29) is 61.2 Å². The number of aromatic amines is 1. The normalized spacial score (nSPS) is 19.3. The average Bonchev–Trinajstić information content (AvgIpc) is 3.68. The molecule has 0 radical (unpaired) electrons. The van der Waals surface area contributed by atoms with Gasteiger partial charge < -0.3 is 47.5 Å². The average molecular weight is 795 g/mol. The van der Waals surface area contributed by atoms with Crippen LogP contribution in [0, 0.1) is 13.8 Å². The molecule has 58 heavy (non-hydrogen) atoms. The Balaban J connectivity index is 1.24. The smallest absolute Gasteiger partial charge is 0.410 e. The lowest BCUT2D eigenvalue weighted by Crippen LogP contribution is -2.61. The highest BCUT2D eigenvalue weighted by atomic mass is 16.7. The number of hydrogen-bond acceptors (Lipinski definition) is 12. The quantitative estimate of drug-likeness (QED) is 0.0736. The van der Waals surface area contributed by atoms with Crippen molar-refractivity contribution in [3.05, 3.63) is 129 Å². The Kier molecular flexibility index (Phi) is 12.7. The van der Waals surface area contributed by atoms with Gasteiger partial charge in [-0.05, 0) is 75.4 Å². The molecule has 2 aliphatic heterocycles. The molecule has 0 bridgehead atoms. The van der Waals surface area contributed by atoms with Gasteiger partial charge in [-0.1, -0.05) is 60.7 Å². The lowest BCUT2D eigenvalue weighted by molar-refractivity contribution is -0.234. The summed E-state index contributed by atoms with van der Waals surface area (Å²) in [4.78, 5) is 58.3. The predicted molar refractivity (Wildman–Crippen MR) is 210 cm³/mol. The molecule has 4 heterocycles. The number of hydrogen-bond donors (Lipinski definition) is 1. The van der Waals surface area contributed by atoms with Gasteiger partial charge in [0, 0.05) is 17.9 Å². The Bertz CT molecular complexity index is 2270. The number of aromatic nitrogens is 1. The number of likely N-dealkylation sites (tertiary alicyclic amines) is 1. The van der Waals surface area contributed by atoms with Gasteiger partial charge in [0.15, 0.2) is 17.6 Å². The number of piperidine rings is 1. The van der Waals surface area contributed by atoms with Crippen molar-refractivity contribution in [3.63, 3.8) is 0 Å². The summed E-state index contributed by atoms with van der Waals surface area (Å²) < 4.78 is 48.3. The van der Waals surface area contributed by atoms with E-state index >= 15 is 0 Å². The van der Waals surface area contributed by atoms with Crippen LogP contribution in [0.1, 0.15) is 69.4 Å². The molecule has 1 N–H and O–H groups in total. The van der Waals surface area contributed by atoms with Crippen LogP contribution < -0.4 is 15.1 Å². The van der Waals surface area contributed by atoms with E-state index in [1.807, 2.05) is 67.6 Å². The molecule has 0 spiro atoms. The number of carbonyl (C=O) groups excluding carboxylic acids is 3. The molecule has 2 aliphatic rings. The molecule has 0 saturated carbocycles. The van der Waals surface area contributed by atoms with Crippen LogP contribution in [0.15, 0.2) is 94.1 Å². The first kappa shape index (κ1) is 40.1. The number of nitrogens with one attached hydrogen (secondary N) is 1. The van der Waals surface area contributed by atoms with Gasteiger partial charge in [0.05, 0.1) is 25.1 Å². The summed E-state index contributed by atoms with van der Waals surface area (Å²) in [6.07, 6.45) is -1.77. The fourth-order valence-corrected chi connectivity index (χ4v) is 7.02. The van der Waals surface area contributed by atoms with E-state index in [9.17, 15) is 19.2 Å². The third kappa shape index (κ3) is 9.35. The van der Waals surface area contributed by atoms with Gasteiger partial charge in [-0.15, -0.1) is 0 Å². The molecule has 2 fully saturated rings. The van der Waals surface area contributed by atoms with Crippen LogP contribution in [0.25, 0.3) is 11.0 Å². The number of fused-ring (bicyclic) bond motifs is 1. The largest absolute Gasteiger partial charge is 0.487 e. The van der Waals surface area contributed by atoms with Crippen LogP contribution in [0.3, 0.4) is 0 Å². The number of esters is 2. The van der Waals surface area contributed by atoms with Crippen LogP contribution in [0.2, 0.25) is 0 Å². The summed E-state index contributed by atoms with van der Waals surface area (Å²) in [7, 11) is 0. The van der Waals surface area contributed by atoms with Crippen LogP contribution in [-0.4, -0.2) is 78.8 Å². The van der Waals surface area contributed by atoms with E-state index in [0.717, 1.165) is 29.7 Å². The van der Waals surface area contributed by atoms with Crippen molar-refractivity contribution < 1.29 is 52.0 Å². The lowest BCUT2D eigenvalue weighted by atomic mass is 10.0. The first-order chi connectivity index (χ1) is 28.2. The monoisotopic (exact) mass is 794 g/mol. The third-order valence-electron chi connectivity index (χ3n) is 9.96. The van der Waals surface area contributed by atoms with E-state index in [4.69, 9.17) is 37.6 Å². The van der Waals surface area contributed by atoms with E-state index in [0.29, 0.717) is 24.0 Å². The number of rotatable bonds is 13. The molecule has 2 aromatic heterocycles. The molecule has 14 nitrogen and oxygen atoms in total. The zero-order valence-corrected chi connectivity index (χ0v) is 32.6. The molecular weight excluding hydrogens is 748 g/mol. The molecule has 2 saturated heterocycles. The van der Waals surface area contributed by atoms with Crippen molar-refractivity contribution in [1.82, 2.24) is 9.88 Å². The van der Waals surface area contributed by atoms with E-state index in [1.165, 1.54) is 4.90 Å². The molecule has 1 amide bonds. The highest BCUT2D eigenvalue weighted by Crippen LogP contribution is 2.37. The number of H-pyrrole nitrogens is 1. The summed E-state index contributed by atoms with van der Waals surface area (Å²) in [5.41, 5.74) is 1.84. The van der Waals surface area contributed by atoms with Crippen molar-refractivity contribution in [2.24, 2.45) is 0 Å². The second-order valence-electron chi connectivity index (χ2n) is 14.2. The Morgan fingerprint density at radius 1 is 0.828 bits per heavy atom. The molecule has 1 unspecified atom stereocenters. The van der Waals surface area contributed by atoms with Crippen LogP contribution in [0.5, 0.6) is 11.5 Å². The third-order valence-corrected chi connectivity index (χ3v) is 9.96. The van der Waals surface area contributed by atoms with Crippen molar-refractivity contribution in [1.29, 1.82) is 0 Å². The molecular formula is C44H46N2O12. The number of amides is 1. The second kappa shape index (κ2) is 18.4. The topological polar surface area (TPSA) is 165 Å². The van der Waals surface area contributed by atoms with Crippen molar-refractivity contribution in [3.8, 4) is 11.5 Å². The van der Waals surface area contributed by atoms with Crippen LogP contribution >= 0.6 is 0 Å². The predicted octanol–water partition coefficient (Wildman–Crippen LogP) is 7.03.